The van der Waals surface area contributed by atoms with E-state index in [2.05, 4.69) is 5.32 Å². The summed E-state index contributed by atoms with van der Waals surface area (Å²) < 4.78 is 44.2. The average molecular weight is 290 g/mol. The van der Waals surface area contributed by atoms with Crippen LogP contribution in [-0.4, -0.2) is 23.7 Å². The molecule has 1 fully saturated rings. The molecular formula is C12H13F3N2O3. The second kappa shape index (κ2) is 4.93. The Morgan fingerprint density at radius 1 is 1.45 bits per heavy atom. The number of hydrogen-bond donors (Lipinski definition) is 1. The summed E-state index contributed by atoms with van der Waals surface area (Å²) in [5, 5.41) is 13.4. The average Bonchev–Trinajstić information content (AvgIpc) is 2.74. The molecule has 20 heavy (non-hydrogen) atoms. The monoisotopic (exact) mass is 290 g/mol. The highest BCUT2D eigenvalue weighted by atomic mass is 19.4. The van der Waals surface area contributed by atoms with Gasteiger partial charge in [-0.1, -0.05) is 0 Å². The van der Waals surface area contributed by atoms with Crippen LogP contribution in [0.2, 0.25) is 0 Å². The van der Waals surface area contributed by atoms with Gasteiger partial charge in [0.15, 0.2) is 0 Å². The van der Waals surface area contributed by atoms with Gasteiger partial charge in [0.05, 0.1) is 22.6 Å². The lowest BCUT2D eigenvalue weighted by atomic mass is 10.00. The minimum absolute atomic E-state index is 0.170. The molecule has 0 bridgehead atoms. The summed E-state index contributed by atoms with van der Waals surface area (Å²) in [6.07, 6.45) is -4.09. The molecule has 0 aromatic heterocycles. The van der Waals surface area contributed by atoms with Crippen LogP contribution in [0.5, 0.6) is 0 Å². The quantitative estimate of drug-likeness (QED) is 0.686. The Hall–Kier alpha value is -1.83. The number of hydrogen-bond acceptors (Lipinski definition) is 4. The fraction of sp³-hybridized carbons (Fsp3) is 0.500. The van der Waals surface area contributed by atoms with Crippen molar-refractivity contribution >= 4 is 11.4 Å². The van der Waals surface area contributed by atoms with Crippen molar-refractivity contribution in [2.45, 2.75) is 25.1 Å². The number of non-ortho nitro benzene ring substituents is 1. The fourth-order valence-electron chi connectivity index (χ4n) is 2.08. The fourth-order valence-corrected chi connectivity index (χ4v) is 2.08. The van der Waals surface area contributed by atoms with Crippen LogP contribution in [0.3, 0.4) is 0 Å². The highest BCUT2D eigenvalue weighted by Crippen LogP contribution is 2.38. The van der Waals surface area contributed by atoms with Crippen LogP contribution in [0.1, 0.15) is 18.9 Å². The molecule has 8 heteroatoms. The number of alkyl halides is 3. The Morgan fingerprint density at radius 3 is 2.65 bits per heavy atom. The summed E-state index contributed by atoms with van der Waals surface area (Å²) in [6, 6.07) is 2.68. The van der Waals surface area contributed by atoms with Crippen LogP contribution in [0.15, 0.2) is 18.2 Å². The largest absolute Gasteiger partial charge is 0.418 e. The van der Waals surface area contributed by atoms with E-state index in [-0.39, 0.29) is 5.69 Å². The summed E-state index contributed by atoms with van der Waals surface area (Å²) in [5.41, 5.74) is -2.40. The van der Waals surface area contributed by atoms with Gasteiger partial charge in [0.2, 0.25) is 0 Å². The maximum Gasteiger partial charge on any atom is 0.418 e. The van der Waals surface area contributed by atoms with Gasteiger partial charge in [0.25, 0.3) is 5.69 Å². The molecule has 0 saturated carbocycles. The number of anilines is 1. The van der Waals surface area contributed by atoms with E-state index in [1.807, 2.05) is 0 Å². The number of halogens is 3. The Balaban J connectivity index is 2.39. The van der Waals surface area contributed by atoms with Crippen molar-refractivity contribution in [3.63, 3.8) is 0 Å². The van der Waals surface area contributed by atoms with Crippen LogP contribution in [0.4, 0.5) is 24.5 Å². The summed E-state index contributed by atoms with van der Waals surface area (Å²) in [5.74, 6) is 0. The molecule has 5 nitrogen and oxygen atoms in total. The molecule has 1 N–H and O–H groups in total. The first kappa shape index (κ1) is 14.6. The van der Waals surface area contributed by atoms with Crippen molar-refractivity contribution in [2.75, 3.05) is 18.5 Å². The minimum Gasteiger partial charge on any atom is -0.379 e. The Bertz CT molecular complexity index is 525. The number of nitrogens with one attached hydrogen (secondary N) is 1. The van der Waals surface area contributed by atoms with E-state index in [0.717, 1.165) is 12.1 Å². The van der Waals surface area contributed by atoms with Crippen molar-refractivity contribution in [2.24, 2.45) is 0 Å². The summed E-state index contributed by atoms with van der Waals surface area (Å²) >= 11 is 0. The van der Waals surface area contributed by atoms with Gasteiger partial charge in [0, 0.05) is 24.4 Å². The van der Waals surface area contributed by atoms with Crippen molar-refractivity contribution in [1.82, 2.24) is 0 Å². The Kier molecular flexibility index (Phi) is 3.59. The second-order valence-electron chi connectivity index (χ2n) is 4.97. The molecule has 1 aromatic rings. The zero-order chi connectivity index (χ0) is 15.0. The van der Waals surface area contributed by atoms with E-state index >= 15 is 0 Å². The first-order valence-corrected chi connectivity index (χ1v) is 5.93. The number of benzene rings is 1. The molecule has 1 aliphatic rings. The predicted octanol–water partition coefficient (Wildman–Crippen LogP) is 3.20. The maximum absolute atomic E-state index is 13.0. The molecule has 0 aliphatic carbocycles. The summed E-state index contributed by atoms with van der Waals surface area (Å²) in [6.45, 7) is 2.51. The second-order valence-corrected chi connectivity index (χ2v) is 4.97. The van der Waals surface area contributed by atoms with Crippen molar-refractivity contribution in [3.8, 4) is 0 Å². The number of rotatable bonds is 3. The molecule has 0 amide bonds. The molecule has 0 radical (unpaired) electrons. The lowest BCUT2D eigenvalue weighted by Gasteiger charge is -2.27. The van der Waals surface area contributed by atoms with Gasteiger partial charge in [-0.2, -0.15) is 13.2 Å². The SMILES string of the molecule is CC1(Nc2ccc([N+](=O)[O-])cc2C(F)(F)F)CCOC1. The highest BCUT2D eigenvalue weighted by Gasteiger charge is 2.38. The first-order valence-electron chi connectivity index (χ1n) is 5.93. The third kappa shape index (κ3) is 3.01. The Labute approximate surface area is 112 Å². The van der Waals surface area contributed by atoms with Crippen molar-refractivity contribution in [3.05, 3.63) is 33.9 Å². The molecule has 2 rings (SSSR count). The first-order chi connectivity index (χ1) is 9.21. The number of ether oxygens (including phenoxy) is 1. The van der Waals surface area contributed by atoms with E-state index in [1.54, 1.807) is 6.92 Å². The maximum atomic E-state index is 13.0. The van der Waals surface area contributed by atoms with Crippen LogP contribution in [-0.2, 0) is 10.9 Å². The van der Waals surface area contributed by atoms with Crippen LogP contribution < -0.4 is 5.32 Å². The lowest BCUT2D eigenvalue weighted by molar-refractivity contribution is -0.385. The smallest absolute Gasteiger partial charge is 0.379 e. The summed E-state index contributed by atoms with van der Waals surface area (Å²) in [4.78, 5) is 9.75. The van der Waals surface area contributed by atoms with Crippen LogP contribution >= 0.6 is 0 Å². The highest BCUT2D eigenvalue weighted by molar-refractivity contribution is 5.58. The van der Waals surface area contributed by atoms with Crippen LogP contribution in [0, 0.1) is 10.1 Å². The van der Waals surface area contributed by atoms with E-state index in [0.29, 0.717) is 25.7 Å². The third-order valence-electron chi connectivity index (χ3n) is 3.17. The van der Waals surface area contributed by atoms with Gasteiger partial charge in [0.1, 0.15) is 0 Å². The molecule has 1 unspecified atom stereocenters. The van der Waals surface area contributed by atoms with Crippen molar-refractivity contribution in [1.29, 1.82) is 0 Å². The third-order valence-corrected chi connectivity index (χ3v) is 3.17. The lowest BCUT2D eigenvalue weighted by Crippen LogP contribution is -2.35. The zero-order valence-electron chi connectivity index (χ0n) is 10.7. The predicted molar refractivity (Wildman–Crippen MR) is 65.6 cm³/mol. The molecule has 0 spiro atoms. The number of nitro groups is 1. The Morgan fingerprint density at radius 2 is 2.15 bits per heavy atom. The number of nitrogens with zero attached hydrogens (tertiary/aromatic N) is 1. The molecule has 1 aromatic carbocycles. The minimum atomic E-state index is -4.66. The van der Waals surface area contributed by atoms with Crippen LogP contribution in [0.25, 0.3) is 0 Å². The molecule has 110 valence electrons. The van der Waals surface area contributed by atoms with Crippen molar-refractivity contribution < 1.29 is 22.8 Å². The van der Waals surface area contributed by atoms with Gasteiger partial charge < -0.3 is 10.1 Å². The molecule has 1 heterocycles. The molecular weight excluding hydrogens is 277 g/mol. The van der Waals surface area contributed by atoms with Gasteiger partial charge in [-0.05, 0) is 19.4 Å². The number of nitro benzene ring substituents is 1. The summed E-state index contributed by atoms with van der Waals surface area (Å²) in [7, 11) is 0. The molecule has 1 saturated heterocycles. The van der Waals surface area contributed by atoms with E-state index < -0.39 is 27.9 Å². The van der Waals surface area contributed by atoms with Gasteiger partial charge >= 0.3 is 6.18 Å². The van der Waals surface area contributed by atoms with E-state index in [1.165, 1.54) is 0 Å². The molecule has 1 atom stereocenters. The van der Waals surface area contributed by atoms with E-state index in [4.69, 9.17) is 4.74 Å². The van der Waals surface area contributed by atoms with Gasteiger partial charge in [-0.3, -0.25) is 10.1 Å². The van der Waals surface area contributed by atoms with Gasteiger partial charge in [-0.15, -0.1) is 0 Å². The zero-order valence-corrected chi connectivity index (χ0v) is 10.7. The van der Waals surface area contributed by atoms with E-state index in [9.17, 15) is 23.3 Å². The normalized spacial score (nSPS) is 22.8. The van der Waals surface area contributed by atoms with Gasteiger partial charge in [-0.25, -0.2) is 0 Å². The topological polar surface area (TPSA) is 64.4 Å². The standard InChI is InChI=1S/C12H13F3N2O3/c1-11(4-5-20-7-11)16-10-3-2-8(17(18)19)6-9(10)12(13,14)15/h2-3,6,16H,4-5,7H2,1H3. The molecule has 1 aliphatic heterocycles.